The molecule has 2 bridgehead atoms. The van der Waals surface area contributed by atoms with E-state index in [9.17, 15) is 9.90 Å². The number of aliphatic hydroxyl groups is 1. The van der Waals surface area contributed by atoms with Crippen LogP contribution in [0.2, 0.25) is 18.1 Å². The van der Waals surface area contributed by atoms with Crippen molar-refractivity contribution in [3.8, 4) is 0 Å². The van der Waals surface area contributed by atoms with E-state index in [4.69, 9.17) is 4.43 Å². The summed E-state index contributed by atoms with van der Waals surface area (Å²) in [5, 5.41) is 11.0. The number of carbonyl (C=O) groups excluding carboxylic acids is 1. The Balaban J connectivity index is 2.19. The molecule has 28 heavy (non-hydrogen) atoms. The molecule has 3 nitrogen and oxygen atoms in total. The SMILES string of the molecule is C=C1CCCC[C@@]12C[C@@H]1C(O[Si](C)(C)C(C)(C)C)[C@H]2C(C)=C(O)C(=O)C1(C)C. The molecule has 1 spiro atoms. The molecular formula is C24H40O3Si. The number of hydrogen-bond acceptors (Lipinski definition) is 3. The third-order valence-electron chi connectivity index (χ3n) is 8.76. The first-order chi connectivity index (χ1) is 12.7. The highest BCUT2D eigenvalue weighted by Crippen LogP contribution is 2.65. The van der Waals surface area contributed by atoms with Gasteiger partial charge in [0, 0.05) is 16.7 Å². The summed E-state index contributed by atoms with van der Waals surface area (Å²) in [5.74, 6) is 0.0371. The fraction of sp³-hybridized carbons (Fsp3) is 0.792. The van der Waals surface area contributed by atoms with Gasteiger partial charge in [0.1, 0.15) is 0 Å². The summed E-state index contributed by atoms with van der Waals surface area (Å²) in [5.41, 5.74) is 1.48. The molecule has 3 rings (SSSR count). The van der Waals surface area contributed by atoms with Gasteiger partial charge in [-0.15, -0.1) is 0 Å². The van der Waals surface area contributed by atoms with Gasteiger partial charge < -0.3 is 9.53 Å². The number of ketones is 1. The third-order valence-corrected chi connectivity index (χ3v) is 13.2. The fourth-order valence-electron chi connectivity index (χ4n) is 5.80. The highest BCUT2D eigenvalue weighted by Gasteiger charge is 2.64. The van der Waals surface area contributed by atoms with Crippen LogP contribution in [0.15, 0.2) is 23.5 Å². The molecule has 0 radical (unpaired) electrons. The van der Waals surface area contributed by atoms with Gasteiger partial charge in [-0.05, 0) is 62.2 Å². The second-order valence-corrected chi connectivity index (χ2v) is 16.4. The zero-order valence-electron chi connectivity index (χ0n) is 19.2. The predicted octanol–water partition coefficient (Wildman–Crippen LogP) is 6.57. The number of Topliss-reactive ketones (excluding diaryl/α,β-unsaturated/α-hetero) is 1. The van der Waals surface area contributed by atoms with Crippen molar-refractivity contribution in [1.82, 2.24) is 0 Å². The minimum atomic E-state index is -2.04. The van der Waals surface area contributed by atoms with Crippen molar-refractivity contribution in [2.75, 3.05) is 0 Å². The lowest BCUT2D eigenvalue weighted by Gasteiger charge is -2.45. The first-order valence-corrected chi connectivity index (χ1v) is 13.9. The quantitative estimate of drug-likeness (QED) is 0.418. The maximum absolute atomic E-state index is 13.2. The lowest BCUT2D eigenvalue weighted by Crippen LogP contribution is -2.49. The number of fused-ring (bicyclic) bond motifs is 3. The topological polar surface area (TPSA) is 46.5 Å². The van der Waals surface area contributed by atoms with Crippen molar-refractivity contribution in [2.45, 2.75) is 97.9 Å². The average Bonchev–Trinajstić information content (AvgIpc) is 2.87. The van der Waals surface area contributed by atoms with E-state index in [0.717, 1.165) is 24.8 Å². The molecule has 0 aromatic carbocycles. The van der Waals surface area contributed by atoms with Gasteiger partial charge in [-0.25, -0.2) is 0 Å². The van der Waals surface area contributed by atoms with Crippen LogP contribution < -0.4 is 0 Å². The van der Waals surface area contributed by atoms with E-state index >= 15 is 0 Å². The molecule has 2 saturated carbocycles. The fourth-order valence-corrected chi connectivity index (χ4v) is 7.14. The molecule has 3 aliphatic carbocycles. The summed E-state index contributed by atoms with van der Waals surface area (Å²) in [6, 6.07) is 0. The van der Waals surface area contributed by atoms with E-state index < -0.39 is 13.7 Å². The van der Waals surface area contributed by atoms with E-state index in [1.807, 2.05) is 20.8 Å². The van der Waals surface area contributed by atoms with Crippen LogP contribution >= 0.6 is 0 Å². The van der Waals surface area contributed by atoms with E-state index in [2.05, 4.69) is 40.4 Å². The number of hydrogen-bond donors (Lipinski definition) is 1. The predicted molar refractivity (Wildman–Crippen MR) is 118 cm³/mol. The summed E-state index contributed by atoms with van der Waals surface area (Å²) in [7, 11) is -2.04. The molecule has 0 aromatic heterocycles. The molecule has 1 N–H and O–H groups in total. The second-order valence-electron chi connectivity index (χ2n) is 11.7. The van der Waals surface area contributed by atoms with Gasteiger partial charge in [0.15, 0.2) is 14.1 Å². The second kappa shape index (κ2) is 6.56. The Bertz CT molecular complexity index is 725. The van der Waals surface area contributed by atoms with Crippen LogP contribution in [-0.2, 0) is 9.22 Å². The lowest BCUT2D eigenvalue weighted by atomic mass is 9.61. The Morgan fingerprint density at radius 3 is 2.36 bits per heavy atom. The molecule has 0 aromatic rings. The van der Waals surface area contributed by atoms with Crippen LogP contribution in [0.1, 0.15) is 73.6 Å². The van der Waals surface area contributed by atoms with Crippen LogP contribution in [0, 0.1) is 22.7 Å². The number of aliphatic hydroxyl groups excluding tert-OH is 1. The normalized spacial score (nSPS) is 36.2. The van der Waals surface area contributed by atoms with Gasteiger partial charge in [0.05, 0.1) is 6.10 Å². The molecule has 0 aliphatic heterocycles. The Hall–Kier alpha value is -0.873. The van der Waals surface area contributed by atoms with Crippen LogP contribution in [0.5, 0.6) is 0 Å². The van der Waals surface area contributed by atoms with E-state index in [-0.39, 0.29) is 39.9 Å². The zero-order valence-corrected chi connectivity index (χ0v) is 20.2. The molecule has 4 atom stereocenters. The summed E-state index contributed by atoms with van der Waals surface area (Å²) >= 11 is 0. The molecule has 158 valence electrons. The molecule has 4 heteroatoms. The van der Waals surface area contributed by atoms with Gasteiger partial charge in [-0.3, -0.25) is 4.79 Å². The smallest absolute Gasteiger partial charge is 0.202 e. The summed E-state index contributed by atoms with van der Waals surface area (Å²) in [6.07, 6.45) is 5.47. The third kappa shape index (κ3) is 2.97. The van der Waals surface area contributed by atoms with Gasteiger partial charge in [-0.1, -0.05) is 53.2 Å². The maximum atomic E-state index is 13.2. The van der Waals surface area contributed by atoms with Crippen molar-refractivity contribution in [3.63, 3.8) is 0 Å². The van der Waals surface area contributed by atoms with E-state index in [1.165, 1.54) is 18.4 Å². The van der Waals surface area contributed by atoms with Crippen molar-refractivity contribution in [3.05, 3.63) is 23.5 Å². The Morgan fingerprint density at radius 2 is 1.82 bits per heavy atom. The van der Waals surface area contributed by atoms with Gasteiger partial charge >= 0.3 is 0 Å². The maximum Gasteiger partial charge on any atom is 0.202 e. The molecule has 2 fully saturated rings. The van der Waals surface area contributed by atoms with E-state index in [0.29, 0.717) is 0 Å². The first kappa shape index (κ1) is 21.8. The van der Waals surface area contributed by atoms with E-state index in [1.54, 1.807) is 0 Å². The average molecular weight is 405 g/mol. The lowest BCUT2D eigenvalue weighted by molar-refractivity contribution is -0.130. The molecule has 3 aliphatic rings. The number of rotatable bonds is 2. The minimum Gasteiger partial charge on any atom is -0.504 e. The van der Waals surface area contributed by atoms with Crippen LogP contribution in [-0.4, -0.2) is 25.3 Å². The standard InChI is InChI=1S/C24H40O3Si/c1-15-12-10-11-13-24(15)14-17-20(27-28(8,9)22(3,4)5)18(24)16(2)19(25)21(26)23(17,6)7/h17-18,20,25H,1,10-14H2,2-9H3/t17-,18-,20?,24-/m1/s1. The molecule has 0 saturated heterocycles. The van der Waals surface area contributed by atoms with Gasteiger partial charge in [0.25, 0.3) is 0 Å². The Kier molecular flexibility index (Phi) is 5.12. The molecular weight excluding hydrogens is 364 g/mol. The van der Waals surface area contributed by atoms with Gasteiger partial charge in [-0.2, -0.15) is 0 Å². The van der Waals surface area contributed by atoms with Gasteiger partial charge in [0.2, 0.25) is 5.78 Å². The Morgan fingerprint density at radius 1 is 1.21 bits per heavy atom. The number of carbonyl (C=O) groups is 1. The van der Waals surface area contributed by atoms with Crippen molar-refractivity contribution in [1.29, 1.82) is 0 Å². The molecule has 1 unspecified atom stereocenters. The van der Waals surface area contributed by atoms with Crippen LogP contribution in [0.4, 0.5) is 0 Å². The van der Waals surface area contributed by atoms with Crippen molar-refractivity contribution >= 4 is 14.1 Å². The van der Waals surface area contributed by atoms with Crippen LogP contribution in [0.25, 0.3) is 0 Å². The van der Waals surface area contributed by atoms with Crippen LogP contribution in [0.3, 0.4) is 0 Å². The Labute approximate surface area is 172 Å². The number of allylic oxidation sites excluding steroid dienone is 2. The van der Waals surface area contributed by atoms with Crippen molar-refractivity contribution < 1.29 is 14.3 Å². The molecule has 0 heterocycles. The monoisotopic (exact) mass is 404 g/mol. The zero-order chi connectivity index (χ0) is 21.3. The van der Waals surface area contributed by atoms with Crippen molar-refractivity contribution in [2.24, 2.45) is 22.7 Å². The highest BCUT2D eigenvalue weighted by atomic mass is 28.4. The minimum absolute atomic E-state index is 0.0150. The summed E-state index contributed by atoms with van der Waals surface area (Å²) in [6.45, 7) is 21.9. The summed E-state index contributed by atoms with van der Waals surface area (Å²) in [4.78, 5) is 13.2. The largest absolute Gasteiger partial charge is 0.504 e. The first-order valence-electron chi connectivity index (χ1n) is 11.0. The molecule has 0 amide bonds. The highest BCUT2D eigenvalue weighted by molar-refractivity contribution is 6.74. The summed E-state index contributed by atoms with van der Waals surface area (Å²) < 4.78 is 7.09.